The second-order valence-corrected chi connectivity index (χ2v) is 8.04. The normalized spacial score (nSPS) is 9.53. The monoisotopic (exact) mass is 278 g/mol. The summed E-state index contributed by atoms with van der Waals surface area (Å²) in [6, 6.07) is 16.8. The molecule has 0 amide bonds. The zero-order valence-corrected chi connectivity index (χ0v) is 13.1. The molecule has 2 aromatic rings. The quantitative estimate of drug-likeness (QED) is 0.794. The molecule has 0 saturated carbocycles. The summed E-state index contributed by atoms with van der Waals surface area (Å²) in [7, 11) is 3.39. The Balaban J connectivity index is 2.08. The second-order valence-electron chi connectivity index (χ2n) is 3.87. The summed E-state index contributed by atoms with van der Waals surface area (Å²) in [5.41, 5.74) is 0. The minimum atomic E-state index is -0.854. The third kappa shape index (κ3) is 3.31. The molecule has 2 aromatic carbocycles. The molecule has 2 rings (SSSR count). The van der Waals surface area contributed by atoms with Gasteiger partial charge < -0.3 is 0 Å². The number of benzene rings is 2. The van der Waals surface area contributed by atoms with E-state index in [4.69, 9.17) is 9.47 Å². The van der Waals surface area contributed by atoms with Gasteiger partial charge in [0.05, 0.1) is 0 Å². The summed E-state index contributed by atoms with van der Waals surface area (Å²) >= 11 is -0.854. The van der Waals surface area contributed by atoms with Crippen molar-refractivity contribution in [1.82, 2.24) is 0 Å². The summed E-state index contributed by atoms with van der Waals surface area (Å²) in [6.07, 6.45) is 0. The Bertz CT molecular complexity index is 417. The Morgan fingerprint density at radius 3 is 1.29 bits per heavy atom. The summed E-state index contributed by atoms with van der Waals surface area (Å²) in [4.78, 5) is 0. The summed E-state index contributed by atoms with van der Waals surface area (Å²) < 4.78 is 13.2. The van der Waals surface area contributed by atoms with Crippen molar-refractivity contribution in [3.8, 4) is 11.5 Å². The van der Waals surface area contributed by atoms with Crippen LogP contribution in [0.4, 0.5) is 0 Å². The first kappa shape index (κ1) is 12.1. The molecule has 0 aliphatic rings. The van der Waals surface area contributed by atoms with Crippen LogP contribution >= 0.6 is 0 Å². The van der Waals surface area contributed by atoms with Crippen molar-refractivity contribution < 1.29 is 26.6 Å². The molecule has 0 spiro atoms. The van der Waals surface area contributed by atoms with Crippen LogP contribution in [0.15, 0.2) is 48.5 Å². The summed E-state index contributed by atoms with van der Waals surface area (Å²) in [6.45, 7) is 0. The molecule has 0 atom stereocenters. The molecular weight excluding hydrogens is 266 g/mol. The van der Waals surface area contributed by atoms with Crippen molar-refractivity contribution in [2.45, 2.75) is 0 Å². The molecule has 0 N–H and O–H groups in total. The van der Waals surface area contributed by atoms with Gasteiger partial charge in [0.2, 0.25) is 0 Å². The molecule has 84 valence electrons. The van der Waals surface area contributed by atoms with Gasteiger partial charge in [-0.3, -0.25) is 0 Å². The molecule has 0 unspecified atom stereocenters. The van der Waals surface area contributed by atoms with E-state index in [1.165, 1.54) is 8.32 Å². The van der Waals surface area contributed by atoms with Crippen molar-refractivity contribution in [3.05, 3.63) is 48.5 Å². The van der Waals surface area contributed by atoms with E-state index in [0.717, 1.165) is 11.5 Å². The zero-order chi connectivity index (χ0) is 12.1. The molecule has 0 saturated heterocycles. The SMILES string of the molecule is COc1cc[c]([Zn][c]2ccc(OC)cc2)cc1. The van der Waals surface area contributed by atoms with Crippen molar-refractivity contribution in [2.24, 2.45) is 0 Å². The van der Waals surface area contributed by atoms with Crippen LogP contribution in [-0.2, 0) is 17.1 Å². The molecule has 0 aliphatic carbocycles. The second kappa shape index (κ2) is 5.83. The third-order valence-electron chi connectivity index (χ3n) is 2.73. The molecule has 3 heteroatoms. The summed E-state index contributed by atoms with van der Waals surface area (Å²) in [5, 5.41) is 0. The molecule has 17 heavy (non-hydrogen) atoms. The van der Waals surface area contributed by atoms with Crippen LogP contribution in [0.3, 0.4) is 0 Å². The van der Waals surface area contributed by atoms with Crippen molar-refractivity contribution in [2.75, 3.05) is 14.2 Å². The van der Waals surface area contributed by atoms with Crippen LogP contribution in [0.1, 0.15) is 0 Å². The van der Waals surface area contributed by atoms with Gasteiger partial charge in [-0.15, -0.1) is 0 Å². The predicted molar refractivity (Wildman–Crippen MR) is 65.3 cm³/mol. The van der Waals surface area contributed by atoms with Crippen LogP contribution in [0.25, 0.3) is 0 Å². The van der Waals surface area contributed by atoms with Crippen LogP contribution < -0.4 is 17.8 Å². The van der Waals surface area contributed by atoms with E-state index < -0.39 is 17.1 Å². The fraction of sp³-hybridized carbons (Fsp3) is 0.143. The number of rotatable bonds is 4. The molecule has 0 fully saturated rings. The first-order chi connectivity index (χ1) is 8.31. The minimum absolute atomic E-state index is 0.854. The molecule has 0 radical (unpaired) electrons. The fourth-order valence-corrected chi connectivity index (χ4v) is 4.69. The number of hydrogen-bond acceptors (Lipinski definition) is 2. The van der Waals surface area contributed by atoms with E-state index in [9.17, 15) is 0 Å². The standard InChI is InChI=1S/2C7H7O.Zn/c2*1-8-7-5-3-2-4-6-7;/h2*3-6H,1H3;. The molecule has 0 aromatic heterocycles. The molecule has 0 heterocycles. The Hall–Kier alpha value is -1.34. The van der Waals surface area contributed by atoms with Crippen molar-refractivity contribution in [3.63, 3.8) is 0 Å². The average Bonchev–Trinajstić information content (AvgIpc) is 2.40. The maximum absolute atomic E-state index is 5.15. The van der Waals surface area contributed by atoms with Gasteiger partial charge in [-0.05, 0) is 0 Å². The van der Waals surface area contributed by atoms with Gasteiger partial charge >= 0.3 is 109 Å². The van der Waals surface area contributed by atoms with Crippen LogP contribution in [0.5, 0.6) is 11.5 Å². The Morgan fingerprint density at radius 1 is 0.647 bits per heavy atom. The van der Waals surface area contributed by atoms with E-state index in [2.05, 4.69) is 24.3 Å². The van der Waals surface area contributed by atoms with Gasteiger partial charge in [0.1, 0.15) is 0 Å². The fourth-order valence-electron chi connectivity index (χ4n) is 1.72. The van der Waals surface area contributed by atoms with Gasteiger partial charge in [-0.1, -0.05) is 0 Å². The van der Waals surface area contributed by atoms with E-state index in [1.807, 2.05) is 24.3 Å². The molecular formula is C14H14O2Zn. The first-order valence-corrected chi connectivity index (χ1v) is 8.54. The zero-order valence-electron chi connectivity index (χ0n) is 10.1. The Kier molecular flexibility index (Phi) is 4.16. The Labute approximate surface area is 109 Å². The van der Waals surface area contributed by atoms with Gasteiger partial charge in [-0.2, -0.15) is 0 Å². The van der Waals surface area contributed by atoms with Crippen LogP contribution in [-0.4, -0.2) is 14.2 Å². The molecule has 2 nitrogen and oxygen atoms in total. The van der Waals surface area contributed by atoms with Crippen LogP contribution in [0.2, 0.25) is 0 Å². The van der Waals surface area contributed by atoms with Gasteiger partial charge in [0.15, 0.2) is 0 Å². The predicted octanol–water partition coefficient (Wildman–Crippen LogP) is 1.74. The van der Waals surface area contributed by atoms with E-state index in [0.29, 0.717) is 0 Å². The third-order valence-corrected chi connectivity index (χ3v) is 6.42. The van der Waals surface area contributed by atoms with Crippen LogP contribution in [0, 0.1) is 0 Å². The number of methoxy groups -OCH3 is 2. The van der Waals surface area contributed by atoms with Gasteiger partial charge in [-0.25, -0.2) is 0 Å². The topological polar surface area (TPSA) is 18.5 Å². The molecule has 0 bridgehead atoms. The average molecular weight is 280 g/mol. The summed E-state index contributed by atoms with van der Waals surface area (Å²) in [5.74, 6) is 1.84. The van der Waals surface area contributed by atoms with Crippen molar-refractivity contribution >= 4 is 8.32 Å². The number of hydrogen-bond donors (Lipinski definition) is 0. The van der Waals surface area contributed by atoms with E-state index in [-0.39, 0.29) is 0 Å². The van der Waals surface area contributed by atoms with Gasteiger partial charge in [0, 0.05) is 0 Å². The van der Waals surface area contributed by atoms with Crippen molar-refractivity contribution in [1.29, 1.82) is 0 Å². The maximum atomic E-state index is 5.15. The van der Waals surface area contributed by atoms with E-state index in [1.54, 1.807) is 14.2 Å². The van der Waals surface area contributed by atoms with Gasteiger partial charge in [0.25, 0.3) is 0 Å². The first-order valence-electron chi connectivity index (χ1n) is 5.57. The molecule has 0 aliphatic heterocycles. The van der Waals surface area contributed by atoms with E-state index >= 15 is 0 Å². The Morgan fingerprint density at radius 2 is 1.00 bits per heavy atom. The number of ether oxygens (including phenoxy) is 2.